The maximum atomic E-state index is 12.5. The number of hydrogen-bond acceptors (Lipinski definition) is 3. The number of carbonyl (C=O) groups is 1. The predicted octanol–water partition coefficient (Wildman–Crippen LogP) is 4.17. The molecule has 1 amide bonds. The minimum atomic E-state index is -0.218. The Bertz CT molecular complexity index is 979. The second kappa shape index (κ2) is 6.74. The van der Waals surface area contributed by atoms with Gasteiger partial charge in [0.25, 0.3) is 5.91 Å². The monoisotopic (exact) mass is 368 g/mol. The molecule has 0 saturated heterocycles. The van der Waals surface area contributed by atoms with Crippen molar-refractivity contribution in [2.45, 2.75) is 33.0 Å². The predicted molar refractivity (Wildman–Crippen MR) is 105 cm³/mol. The van der Waals surface area contributed by atoms with Crippen LogP contribution in [0.2, 0.25) is 5.02 Å². The van der Waals surface area contributed by atoms with Gasteiger partial charge in [-0.05, 0) is 44.2 Å². The molecule has 4 rings (SSSR count). The van der Waals surface area contributed by atoms with E-state index < -0.39 is 0 Å². The van der Waals surface area contributed by atoms with Crippen LogP contribution in [0.5, 0.6) is 0 Å². The van der Waals surface area contributed by atoms with Gasteiger partial charge in [-0.25, -0.2) is 4.98 Å². The lowest BCUT2D eigenvalue weighted by Crippen LogP contribution is -2.38. The normalized spacial score (nSPS) is 14.6. The van der Waals surface area contributed by atoms with Crippen molar-refractivity contribution in [3.63, 3.8) is 0 Å². The summed E-state index contributed by atoms with van der Waals surface area (Å²) in [4.78, 5) is 19.7. The minimum absolute atomic E-state index is 0.218. The number of halogens is 1. The third-order valence-electron chi connectivity index (χ3n) is 4.89. The molecule has 0 aliphatic carbocycles. The third kappa shape index (κ3) is 3.08. The van der Waals surface area contributed by atoms with E-state index >= 15 is 0 Å². The minimum Gasteiger partial charge on any atom is -0.326 e. The molecule has 3 aromatic rings. The molecule has 0 unspecified atom stereocenters. The van der Waals surface area contributed by atoms with Gasteiger partial charge in [0.15, 0.2) is 0 Å². The summed E-state index contributed by atoms with van der Waals surface area (Å²) in [7, 11) is 0. The fraction of sp³-hybridized carbons (Fsp3) is 0.300. The number of hydrogen-bond donors (Lipinski definition) is 1. The van der Waals surface area contributed by atoms with E-state index in [0.29, 0.717) is 16.6 Å². The smallest absolute Gasteiger partial charge is 0.257 e. The Balaban J connectivity index is 1.61. The number of benzene rings is 2. The van der Waals surface area contributed by atoms with Crippen LogP contribution >= 0.6 is 11.6 Å². The summed E-state index contributed by atoms with van der Waals surface area (Å²) in [5.74, 6) is 0.861. The fourth-order valence-electron chi connectivity index (χ4n) is 3.40. The van der Waals surface area contributed by atoms with Crippen LogP contribution in [-0.2, 0) is 13.1 Å². The van der Waals surface area contributed by atoms with Crippen molar-refractivity contribution >= 4 is 34.2 Å². The lowest BCUT2D eigenvalue weighted by atomic mass is 10.2. The highest BCUT2D eigenvalue weighted by Gasteiger charge is 2.21. The Kier molecular flexibility index (Phi) is 4.42. The van der Waals surface area contributed by atoms with Crippen LogP contribution in [0.4, 0.5) is 5.69 Å². The SMILES string of the molecule is CC(C)N1CCn2c(nc3cc(NC(=O)c4ccccc4Cl)ccc32)C1. The first-order chi connectivity index (χ1) is 12.5. The highest BCUT2D eigenvalue weighted by molar-refractivity contribution is 6.34. The number of imidazole rings is 1. The molecule has 2 aromatic carbocycles. The maximum absolute atomic E-state index is 12.5. The molecule has 0 atom stereocenters. The zero-order valence-corrected chi connectivity index (χ0v) is 15.6. The fourth-order valence-corrected chi connectivity index (χ4v) is 3.62. The average molecular weight is 369 g/mol. The highest BCUT2D eigenvalue weighted by atomic mass is 35.5. The van der Waals surface area contributed by atoms with E-state index in [1.807, 2.05) is 18.2 Å². The molecule has 6 heteroatoms. The van der Waals surface area contributed by atoms with Gasteiger partial charge in [0.2, 0.25) is 0 Å². The molecule has 26 heavy (non-hydrogen) atoms. The number of fused-ring (bicyclic) bond motifs is 3. The quantitative estimate of drug-likeness (QED) is 0.755. The summed E-state index contributed by atoms with van der Waals surface area (Å²) in [5.41, 5.74) is 3.20. The van der Waals surface area contributed by atoms with Crippen molar-refractivity contribution < 1.29 is 4.79 Å². The Labute approximate surface area is 157 Å². The zero-order chi connectivity index (χ0) is 18.3. The summed E-state index contributed by atoms with van der Waals surface area (Å²) in [6, 6.07) is 13.4. The van der Waals surface area contributed by atoms with Gasteiger partial charge in [0, 0.05) is 24.8 Å². The molecule has 0 fully saturated rings. The molecule has 2 heterocycles. The highest BCUT2D eigenvalue weighted by Crippen LogP contribution is 2.25. The van der Waals surface area contributed by atoms with Gasteiger partial charge >= 0.3 is 0 Å². The van der Waals surface area contributed by atoms with E-state index in [1.165, 1.54) is 0 Å². The largest absolute Gasteiger partial charge is 0.326 e. The Hall–Kier alpha value is -2.37. The number of aromatic nitrogens is 2. The number of amides is 1. The van der Waals surface area contributed by atoms with Crippen molar-refractivity contribution in [3.8, 4) is 0 Å². The van der Waals surface area contributed by atoms with E-state index in [-0.39, 0.29) is 5.91 Å². The second-order valence-corrected chi connectivity index (χ2v) is 7.29. The number of nitrogens with zero attached hydrogens (tertiary/aromatic N) is 3. The van der Waals surface area contributed by atoms with E-state index in [2.05, 4.69) is 28.6 Å². The average Bonchev–Trinajstić information content (AvgIpc) is 2.98. The molecular formula is C20H21ClN4O. The Morgan fingerprint density at radius 3 is 2.77 bits per heavy atom. The summed E-state index contributed by atoms with van der Waals surface area (Å²) >= 11 is 6.11. The van der Waals surface area contributed by atoms with Crippen LogP contribution in [0, 0.1) is 0 Å². The van der Waals surface area contributed by atoms with Crippen molar-refractivity contribution in [3.05, 3.63) is 58.9 Å². The lowest BCUT2D eigenvalue weighted by Gasteiger charge is -2.30. The summed E-state index contributed by atoms with van der Waals surface area (Å²) in [6.07, 6.45) is 0. The van der Waals surface area contributed by atoms with Crippen LogP contribution in [0.3, 0.4) is 0 Å². The molecule has 5 nitrogen and oxygen atoms in total. The zero-order valence-electron chi connectivity index (χ0n) is 14.9. The van der Waals surface area contributed by atoms with Crippen LogP contribution in [-0.4, -0.2) is 32.9 Å². The van der Waals surface area contributed by atoms with Crippen LogP contribution < -0.4 is 5.32 Å². The van der Waals surface area contributed by atoms with E-state index in [1.54, 1.807) is 24.3 Å². The molecule has 134 valence electrons. The molecule has 1 aliphatic rings. The van der Waals surface area contributed by atoms with Gasteiger partial charge in [-0.3, -0.25) is 9.69 Å². The maximum Gasteiger partial charge on any atom is 0.257 e. The van der Waals surface area contributed by atoms with E-state index in [9.17, 15) is 4.79 Å². The first kappa shape index (κ1) is 17.1. The van der Waals surface area contributed by atoms with Gasteiger partial charge in [-0.2, -0.15) is 0 Å². The van der Waals surface area contributed by atoms with E-state index in [4.69, 9.17) is 16.6 Å². The van der Waals surface area contributed by atoms with Crippen molar-refractivity contribution in [2.24, 2.45) is 0 Å². The van der Waals surface area contributed by atoms with Gasteiger partial charge in [0.1, 0.15) is 5.82 Å². The molecule has 0 radical (unpaired) electrons. The molecule has 0 bridgehead atoms. The molecular weight excluding hydrogens is 348 g/mol. The molecule has 1 aromatic heterocycles. The van der Waals surface area contributed by atoms with Crippen LogP contribution in [0.15, 0.2) is 42.5 Å². The molecule has 1 aliphatic heterocycles. The number of rotatable bonds is 3. The Morgan fingerprint density at radius 2 is 2.00 bits per heavy atom. The molecule has 1 N–H and O–H groups in total. The van der Waals surface area contributed by atoms with Gasteiger partial charge in [0.05, 0.1) is 28.2 Å². The van der Waals surface area contributed by atoms with Crippen LogP contribution in [0.1, 0.15) is 30.0 Å². The third-order valence-corrected chi connectivity index (χ3v) is 5.22. The molecule has 0 spiro atoms. The number of anilines is 1. The number of carbonyl (C=O) groups excluding carboxylic acids is 1. The van der Waals surface area contributed by atoms with Gasteiger partial charge in [-0.15, -0.1) is 0 Å². The molecule has 0 saturated carbocycles. The summed E-state index contributed by atoms with van der Waals surface area (Å²) in [5, 5.41) is 3.36. The van der Waals surface area contributed by atoms with E-state index in [0.717, 1.165) is 42.2 Å². The van der Waals surface area contributed by atoms with Crippen molar-refractivity contribution in [1.29, 1.82) is 0 Å². The first-order valence-corrected chi connectivity index (χ1v) is 9.20. The van der Waals surface area contributed by atoms with Crippen LogP contribution in [0.25, 0.3) is 11.0 Å². The summed E-state index contributed by atoms with van der Waals surface area (Å²) in [6.45, 7) is 7.24. The van der Waals surface area contributed by atoms with Crippen molar-refractivity contribution in [2.75, 3.05) is 11.9 Å². The van der Waals surface area contributed by atoms with Gasteiger partial charge < -0.3 is 9.88 Å². The summed E-state index contributed by atoms with van der Waals surface area (Å²) < 4.78 is 2.27. The lowest BCUT2D eigenvalue weighted by molar-refractivity contribution is 0.102. The standard InChI is InChI=1S/C20H21ClN4O/c1-13(2)24-9-10-25-18-8-7-14(11-17(18)23-19(25)12-24)22-20(26)15-5-3-4-6-16(15)21/h3-8,11,13H,9-10,12H2,1-2H3,(H,22,26). The van der Waals surface area contributed by atoms with Crippen molar-refractivity contribution in [1.82, 2.24) is 14.5 Å². The number of nitrogens with one attached hydrogen (secondary N) is 1. The van der Waals surface area contributed by atoms with Gasteiger partial charge in [-0.1, -0.05) is 23.7 Å². The first-order valence-electron chi connectivity index (χ1n) is 8.82. The Morgan fingerprint density at radius 1 is 1.19 bits per heavy atom. The topological polar surface area (TPSA) is 50.2 Å². The second-order valence-electron chi connectivity index (χ2n) is 6.88.